The number of nitrogens with one attached hydrogen (secondary N) is 1. The highest BCUT2D eigenvalue weighted by atomic mass is 16.5. The Hall–Kier alpha value is -2.40. The van der Waals surface area contributed by atoms with Crippen molar-refractivity contribution in [3.8, 4) is 11.1 Å². The lowest BCUT2D eigenvalue weighted by Crippen LogP contribution is -2.20. The van der Waals surface area contributed by atoms with Crippen molar-refractivity contribution in [1.29, 1.82) is 0 Å². The Bertz CT molecular complexity index is 895. The molecule has 0 amide bonds. The predicted molar refractivity (Wildman–Crippen MR) is 105 cm³/mol. The zero-order valence-corrected chi connectivity index (χ0v) is 15.7. The Morgan fingerprint density at radius 3 is 2.77 bits per heavy atom. The van der Waals surface area contributed by atoms with Crippen LogP contribution in [-0.4, -0.2) is 33.9 Å². The van der Waals surface area contributed by atoms with Crippen LogP contribution in [-0.2, 0) is 4.74 Å². The fraction of sp³-hybridized carbons (Fsp3) is 0.429. The molecule has 0 radical (unpaired) electrons. The topological polar surface area (TPSA) is 51.5 Å². The van der Waals surface area contributed by atoms with E-state index in [-0.39, 0.29) is 6.10 Å². The summed E-state index contributed by atoms with van der Waals surface area (Å²) in [5.74, 6) is 1.33. The van der Waals surface area contributed by atoms with Gasteiger partial charge in [-0.25, -0.2) is 4.98 Å². The molecule has 1 aliphatic heterocycles. The number of aromatic nitrogens is 3. The van der Waals surface area contributed by atoms with Gasteiger partial charge in [-0.3, -0.25) is 0 Å². The normalized spacial score (nSPS) is 17.3. The van der Waals surface area contributed by atoms with E-state index in [4.69, 9.17) is 14.8 Å². The number of benzene rings is 1. The molecular weight excluding hydrogens is 324 g/mol. The highest BCUT2D eigenvalue weighted by Crippen LogP contribution is 2.30. The van der Waals surface area contributed by atoms with Crippen LogP contribution in [0.1, 0.15) is 44.0 Å². The molecular formula is C21H26N4O. The summed E-state index contributed by atoms with van der Waals surface area (Å²) in [7, 11) is 0. The Kier molecular flexibility index (Phi) is 4.64. The third-order valence-corrected chi connectivity index (χ3v) is 4.97. The highest BCUT2D eigenvalue weighted by molar-refractivity contribution is 5.80. The molecule has 136 valence electrons. The van der Waals surface area contributed by atoms with Crippen LogP contribution in [0.2, 0.25) is 0 Å². The maximum absolute atomic E-state index is 5.75. The number of nitrogens with zero attached hydrogens (tertiary/aromatic N) is 3. The number of ether oxygens (including phenoxy) is 1. The summed E-state index contributed by atoms with van der Waals surface area (Å²) in [6.07, 6.45) is 2.55. The number of hydrogen-bond donors (Lipinski definition) is 1. The Morgan fingerprint density at radius 1 is 1.27 bits per heavy atom. The molecule has 3 aromatic rings. The number of fused-ring (bicyclic) bond motifs is 1. The molecule has 26 heavy (non-hydrogen) atoms. The lowest BCUT2D eigenvalue weighted by Gasteiger charge is -2.15. The van der Waals surface area contributed by atoms with Crippen molar-refractivity contribution in [3.05, 3.63) is 47.8 Å². The first-order valence-electron chi connectivity index (χ1n) is 9.44. The van der Waals surface area contributed by atoms with Gasteiger partial charge in [-0.15, -0.1) is 0 Å². The monoisotopic (exact) mass is 350 g/mol. The summed E-state index contributed by atoms with van der Waals surface area (Å²) in [6, 6.07) is 12.5. The number of hydrogen-bond acceptors (Lipinski definition) is 4. The van der Waals surface area contributed by atoms with Crippen molar-refractivity contribution in [2.45, 2.75) is 45.6 Å². The van der Waals surface area contributed by atoms with Crippen molar-refractivity contribution in [3.63, 3.8) is 0 Å². The summed E-state index contributed by atoms with van der Waals surface area (Å²) >= 11 is 0. The van der Waals surface area contributed by atoms with Gasteiger partial charge in [0.1, 0.15) is 5.82 Å². The molecule has 4 rings (SSSR count). The fourth-order valence-corrected chi connectivity index (χ4v) is 3.53. The minimum Gasteiger partial charge on any atom is -0.376 e. The van der Waals surface area contributed by atoms with Crippen molar-refractivity contribution in [1.82, 2.24) is 14.6 Å². The number of rotatable bonds is 5. The van der Waals surface area contributed by atoms with Gasteiger partial charge in [-0.1, -0.05) is 44.2 Å². The summed E-state index contributed by atoms with van der Waals surface area (Å²) in [5, 5.41) is 8.34. The van der Waals surface area contributed by atoms with Crippen LogP contribution in [0.15, 0.2) is 36.4 Å². The molecule has 1 fully saturated rings. The summed E-state index contributed by atoms with van der Waals surface area (Å²) in [6.45, 7) is 8.07. The van der Waals surface area contributed by atoms with E-state index in [9.17, 15) is 0 Å². The van der Waals surface area contributed by atoms with Gasteiger partial charge in [0.05, 0.1) is 11.8 Å². The van der Waals surface area contributed by atoms with Gasteiger partial charge in [0.15, 0.2) is 5.65 Å². The minimum absolute atomic E-state index is 0.283. The van der Waals surface area contributed by atoms with E-state index in [0.717, 1.165) is 60.0 Å². The lowest BCUT2D eigenvalue weighted by molar-refractivity contribution is 0.120. The van der Waals surface area contributed by atoms with Crippen LogP contribution in [0, 0.1) is 6.92 Å². The van der Waals surface area contributed by atoms with Gasteiger partial charge in [0, 0.05) is 30.5 Å². The van der Waals surface area contributed by atoms with Gasteiger partial charge in [-0.2, -0.15) is 9.61 Å². The molecule has 1 unspecified atom stereocenters. The minimum atomic E-state index is 0.283. The smallest absolute Gasteiger partial charge is 0.165 e. The lowest BCUT2D eigenvalue weighted by atomic mass is 10.1. The van der Waals surface area contributed by atoms with Gasteiger partial charge < -0.3 is 10.1 Å². The van der Waals surface area contributed by atoms with Crippen LogP contribution in [0.25, 0.3) is 16.8 Å². The van der Waals surface area contributed by atoms with E-state index in [1.54, 1.807) is 0 Å². The third kappa shape index (κ3) is 3.19. The van der Waals surface area contributed by atoms with E-state index in [1.807, 2.05) is 10.6 Å². The van der Waals surface area contributed by atoms with Gasteiger partial charge in [0.25, 0.3) is 0 Å². The fourth-order valence-electron chi connectivity index (χ4n) is 3.53. The molecule has 1 aromatic carbocycles. The van der Waals surface area contributed by atoms with E-state index in [0.29, 0.717) is 5.92 Å². The zero-order chi connectivity index (χ0) is 18.1. The van der Waals surface area contributed by atoms with E-state index >= 15 is 0 Å². The molecule has 0 spiro atoms. The molecule has 0 bridgehead atoms. The van der Waals surface area contributed by atoms with Crippen LogP contribution in [0.5, 0.6) is 0 Å². The molecule has 1 saturated heterocycles. The zero-order valence-electron chi connectivity index (χ0n) is 15.7. The predicted octanol–water partition coefficient (Wildman–Crippen LogP) is 4.42. The van der Waals surface area contributed by atoms with E-state index in [1.165, 1.54) is 0 Å². The van der Waals surface area contributed by atoms with Crippen LogP contribution < -0.4 is 5.32 Å². The molecule has 5 nitrogen and oxygen atoms in total. The standard InChI is InChI=1S/C21H26N4O/c1-14(2)18-12-19(22-13-17-10-7-11-26-17)25-21(23-18)20(15(3)24-25)16-8-5-4-6-9-16/h4-6,8-9,12,14,17,22H,7,10-11,13H2,1-3H3. The SMILES string of the molecule is Cc1nn2c(NCC3CCCO3)cc(C(C)C)nc2c1-c1ccccc1. The Labute approximate surface area is 154 Å². The summed E-state index contributed by atoms with van der Waals surface area (Å²) in [5.41, 5.74) is 5.23. The second-order valence-electron chi connectivity index (χ2n) is 7.30. The molecule has 1 aliphatic rings. The Balaban J connectivity index is 1.80. The quantitative estimate of drug-likeness (QED) is 0.740. The molecule has 0 saturated carbocycles. The first kappa shape index (κ1) is 17.0. The molecule has 2 aromatic heterocycles. The van der Waals surface area contributed by atoms with Crippen LogP contribution >= 0.6 is 0 Å². The Morgan fingerprint density at radius 2 is 2.08 bits per heavy atom. The van der Waals surface area contributed by atoms with Gasteiger partial charge in [-0.05, 0) is 31.2 Å². The number of aryl methyl sites for hydroxylation is 1. The van der Waals surface area contributed by atoms with E-state index < -0.39 is 0 Å². The maximum atomic E-state index is 5.75. The maximum Gasteiger partial charge on any atom is 0.165 e. The average molecular weight is 350 g/mol. The van der Waals surface area contributed by atoms with Crippen LogP contribution in [0.4, 0.5) is 5.82 Å². The van der Waals surface area contributed by atoms with E-state index in [2.05, 4.69) is 56.4 Å². The van der Waals surface area contributed by atoms with Gasteiger partial charge in [0.2, 0.25) is 0 Å². The first-order valence-corrected chi connectivity index (χ1v) is 9.44. The van der Waals surface area contributed by atoms with Gasteiger partial charge >= 0.3 is 0 Å². The van der Waals surface area contributed by atoms with Crippen molar-refractivity contribution < 1.29 is 4.74 Å². The van der Waals surface area contributed by atoms with Crippen molar-refractivity contribution in [2.75, 3.05) is 18.5 Å². The van der Waals surface area contributed by atoms with Crippen molar-refractivity contribution in [2.24, 2.45) is 0 Å². The molecule has 3 heterocycles. The third-order valence-electron chi connectivity index (χ3n) is 4.97. The molecule has 5 heteroatoms. The first-order chi connectivity index (χ1) is 12.6. The van der Waals surface area contributed by atoms with Crippen LogP contribution in [0.3, 0.4) is 0 Å². The average Bonchev–Trinajstić information content (AvgIpc) is 3.27. The molecule has 1 N–H and O–H groups in total. The second-order valence-corrected chi connectivity index (χ2v) is 7.30. The van der Waals surface area contributed by atoms with Crippen molar-refractivity contribution >= 4 is 11.5 Å². The highest BCUT2D eigenvalue weighted by Gasteiger charge is 2.19. The largest absolute Gasteiger partial charge is 0.376 e. The second kappa shape index (κ2) is 7.08. The summed E-state index contributed by atoms with van der Waals surface area (Å²) < 4.78 is 7.70. The molecule has 1 atom stereocenters. The number of anilines is 1. The summed E-state index contributed by atoms with van der Waals surface area (Å²) in [4.78, 5) is 4.94. The molecule has 0 aliphatic carbocycles.